The Hall–Kier alpha value is -1.50. The van der Waals surface area contributed by atoms with Gasteiger partial charge in [0.05, 0.1) is 17.3 Å². The quantitative estimate of drug-likeness (QED) is 0.535. The van der Waals surface area contributed by atoms with Gasteiger partial charge in [-0.05, 0) is 41.5 Å². The zero-order valence-corrected chi connectivity index (χ0v) is 15.7. The van der Waals surface area contributed by atoms with Gasteiger partial charge >= 0.3 is 0 Å². The average molecular weight is 345 g/mol. The van der Waals surface area contributed by atoms with Gasteiger partial charge < -0.3 is 15.3 Å². The minimum atomic E-state index is -0.125. The molecule has 0 heterocycles. The van der Waals surface area contributed by atoms with Crippen molar-refractivity contribution in [3.8, 4) is 0 Å². The van der Waals surface area contributed by atoms with Crippen LogP contribution in [0.1, 0.15) is 41.5 Å². The van der Waals surface area contributed by atoms with Crippen LogP contribution in [0.2, 0.25) is 0 Å². The Balaban J connectivity index is -0.000000108. The van der Waals surface area contributed by atoms with Crippen molar-refractivity contribution in [2.24, 2.45) is 0 Å². The van der Waals surface area contributed by atoms with E-state index in [1.807, 2.05) is 0 Å². The first-order chi connectivity index (χ1) is 9.38. The summed E-state index contributed by atoms with van der Waals surface area (Å²) in [6.45, 7) is 8.54. The molecule has 0 rings (SSSR count). The Morgan fingerprint density at radius 1 is 0.545 bits per heavy atom. The van der Waals surface area contributed by atoms with E-state index in [4.69, 9.17) is 15.3 Å². The molecule has 0 atom stereocenters. The molecule has 0 aliphatic heterocycles. The van der Waals surface area contributed by atoms with Crippen molar-refractivity contribution in [2.75, 3.05) is 0 Å². The van der Waals surface area contributed by atoms with Gasteiger partial charge in [-0.3, -0.25) is 14.4 Å². The minimum Gasteiger partial charge on any atom is -0.512 e. The third kappa shape index (κ3) is 51.4. The maximum Gasteiger partial charge on any atom is 0.155 e. The summed E-state index contributed by atoms with van der Waals surface area (Å²) < 4.78 is 0. The van der Waals surface area contributed by atoms with E-state index >= 15 is 0 Å². The van der Waals surface area contributed by atoms with Crippen LogP contribution >= 0.6 is 0 Å². The van der Waals surface area contributed by atoms with Gasteiger partial charge in [-0.25, -0.2) is 0 Å². The topological polar surface area (TPSA) is 112 Å². The fourth-order valence-electron chi connectivity index (χ4n) is 0.882. The van der Waals surface area contributed by atoms with E-state index in [0.717, 1.165) is 0 Å². The van der Waals surface area contributed by atoms with Crippen LogP contribution in [0.15, 0.2) is 35.5 Å². The number of allylic oxidation sites excluding steroid dienone is 6. The van der Waals surface area contributed by atoms with E-state index in [2.05, 4.69) is 0 Å². The number of rotatable bonds is 3. The van der Waals surface area contributed by atoms with E-state index in [0.29, 0.717) is 0 Å². The Morgan fingerprint density at radius 2 is 0.682 bits per heavy atom. The second-order valence-electron chi connectivity index (χ2n) is 4.19. The minimum absolute atomic E-state index is 0. The predicted molar refractivity (Wildman–Crippen MR) is 81.2 cm³/mol. The Bertz CT molecular complexity index is 368. The molecule has 0 aliphatic rings. The number of aliphatic hydroxyl groups is 3. The van der Waals surface area contributed by atoms with Crippen molar-refractivity contribution in [2.45, 2.75) is 41.5 Å². The zero-order chi connectivity index (χ0) is 17.6. The number of hydrogen-bond donors (Lipinski definition) is 3. The molecular formula is C15H24O6Sc. The Morgan fingerprint density at radius 3 is 0.682 bits per heavy atom. The van der Waals surface area contributed by atoms with E-state index in [-0.39, 0.29) is 60.5 Å². The molecule has 6 nitrogen and oxygen atoms in total. The fourth-order valence-corrected chi connectivity index (χ4v) is 0.882. The summed E-state index contributed by atoms with van der Waals surface area (Å²) in [6, 6.07) is 0. The molecule has 1 radical (unpaired) electrons. The SMILES string of the molecule is CC(=O)/C=C(/C)O.CC(=O)/C=C(/C)O.CC(=O)/C=C(\C)O.[Sc]. The van der Waals surface area contributed by atoms with Crippen LogP contribution in [0.25, 0.3) is 0 Å². The molecule has 0 bridgehead atoms. The van der Waals surface area contributed by atoms with Gasteiger partial charge in [0.2, 0.25) is 0 Å². The maximum absolute atomic E-state index is 10.0. The first-order valence-electron chi connectivity index (χ1n) is 6.02. The van der Waals surface area contributed by atoms with Crippen LogP contribution in [0, 0.1) is 0 Å². The van der Waals surface area contributed by atoms with Gasteiger partial charge in [0.15, 0.2) is 17.3 Å². The van der Waals surface area contributed by atoms with Gasteiger partial charge in [0.1, 0.15) is 0 Å². The molecule has 0 saturated carbocycles. The van der Waals surface area contributed by atoms with Gasteiger partial charge in [0, 0.05) is 44.1 Å². The number of carbonyl (C=O) groups is 3. The zero-order valence-electron chi connectivity index (χ0n) is 13.9. The average Bonchev–Trinajstić information content (AvgIpc) is 2.10. The summed E-state index contributed by atoms with van der Waals surface area (Å²) >= 11 is 0. The third-order valence-corrected chi connectivity index (χ3v) is 1.24. The van der Waals surface area contributed by atoms with Crippen molar-refractivity contribution in [3.05, 3.63) is 35.5 Å². The van der Waals surface area contributed by atoms with Crippen molar-refractivity contribution in [1.82, 2.24) is 0 Å². The fraction of sp³-hybridized carbons (Fsp3) is 0.400. The molecule has 123 valence electrons. The van der Waals surface area contributed by atoms with E-state index < -0.39 is 0 Å². The molecule has 0 aliphatic carbocycles. The summed E-state index contributed by atoms with van der Waals surface area (Å²) in [7, 11) is 0. The molecule has 22 heavy (non-hydrogen) atoms. The smallest absolute Gasteiger partial charge is 0.155 e. The summed E-state index contributed by atoms with van der Waals surface area (Å²) in [6.07, 6.45) is 3.50. The van der Waals surface area contributed by atoms with Crippen LogP contribution in [-0.2, 0) is 40.2 Å². The number of ketones is 3. The summed E-state index contributed by atoms with van der Waals surface area (Å²) in [5.41, 5.74) is 0. The molecule has 7 heteroatoms. The number of hydrogen-bond acceptors (Lipinski definition) is 6. The molecule has 0 aromatic heterocycles. The van der Waals surface area contributed by atoms with Gasteiger partial charge in [0.25, 0.3) is 0 Å². The number of aliphatic hydroxyl groups excluding tert-OH is 3. The van der Waals surface area contributed by atoms with Crippen molar-refractivity contribution in [3.63, 3.8) is 0 Å². The summed E-state index contributed by atoms with van der Waals surface area (Å²) in [4.78, 5) is 30.1. The molecule has 0 fully saturated rings. The Labute approximate surface area is 150 Å². The second kappa shape index (κ2) is 17.6. The van der Waals surface area contributed by atoms with Crippen molar-refractivity contribution in [1.29, 1.82) is 0 Å². The van der Waals surface area contributed by atoms with E-state index in [1.54, 1.807) is 0 Å². The van der Waals surface area contributed by atoms with Crippen molar-refractivity contribution >= 4 is 17.3 Å². The monoisotopic (exact) mass is 345 g/mol. The maximum atomic E-state index is 10.0. The summed E-state index contributed by atoms with van der Waals surface area (Å²) in [5, 5.41) is 25.1. The van der Waals surface area contributed by atoms with E-state index in [9.17, 15) is 14.4 Å². The van der Waals surface area contributed by atoms with Crippen LogP contribution in [0.4, 0.5) is 0 Å². The molecule has 3 N–H and O–H groups in total. The first kappa shape index (κ1) is 28.6. The molecule has 0 unspecified atom stereocenters. The molecule has 0 spiro atoms. The second-order valence-corrected chi connectivity index (χ2v) is 4.19. The van der Waals surface area contributed by atoms with Crippen molar-refractivity contribution < 1.29 is 55.5 Å². The number of carbonyl (C=O) groups excluding carboxylic acids is 3. The molecule has 0 amide bonds. The van der Waals surface area contributed by atoms with Crippen LogP contribution in [0.3, 0.4) is 0 Å². The predicted octanol–water partition coefficient (Wildman–Crippen LogP) is 3.11. The largest absolute Gasteiger partial charge is 0.512 e. The van der Waals surface area contributed by atoms with Crippen LogP contribution in [-0.4, -0.2) is 32.7 Å². The molecule has 0 aromatic carbocycles. The van der Waals surface area contributed by atoms with Gasteiger partial charge in [-0.1, -0.05) is 0 Å². The van der Waals surface area contributed by atoms with Gasteiger partial charge in [-0.2, -0.15) is 0 Å². The Kier molecular flexibility index (Phi) is 22.8. The summed E-state index contributed by atoms with van der Waals surface area (Å²) in [5.74, 6) is -0.187. The third-order valence-electron chi connectivity index (χ3n) is 1.24. The molecule has 0 saturated heterocycles. The standard InChI is InChI=1S/3C5H8O2.Sc/c3*1-4(6)3-5(2)7;/h3*3,6H,1-2H3;/b4-3+;2*4-3-;. The normalized spacial score (nSPS) is 10.9. The van der Waals surface area contributed by atoms with Gasteiger partial charge in [-0.15, -0.1) is 0 Å². The van der Waals surface area contributed by atoms with Crippen LogP contribution in [0.5, 0.6) is 0 Å². The molecular weight excluding hydrogens is 321 g/mol. The first-order valence-corrected chi connectivity index (χ1v) is 6.02. The van der Waals surface area contributed by atoms with Crippen LogP contribution < -0.4 is 0 Å². The van der Waals surface area contributed by atoms with E-state index in [1.165, 1.54) is 59.8 Å². The molecule has 0 aromatic rings.